The summed E-state index contributed by atoms with van der Waals surface area (Å²) in [5, 5.41) is -0.204. The van der Waals surface area contributed by atoms with Crippen LogP contribution in [0.5, 0.6) is 0 Å². The van der Waals surface area contributed by atoms with Gasteiger partial charge in [0.25, 0.3) is 5.78 Å². The van der Waals surface area contributed by atoms with Gasteiger partial charge in [0.05, 0.1) is 11.6 Å². The number of carbonyl (C=O) groups excluding carboxylic acids is 2. The number of rotatable bonds is 3. The van der Waals surface area contributed by atoms with Crippen LogP contribution in [0.2, 0.25) is 5.02 Å². The molecule has 0 atom stereocenters. The largest absolute Gasteiger partial charge is 0.460 e. The van der Waals surface area contributed by atoms with Gasteiger partial charge in [-0.1, -0.05) is 11.6 Å². The molecule has 0 saturated carbocycles. The summed E-state index contributed by atoms with van der Waals surface area (Å²) in [6.07, 6.45) is 0. The molecule has 3 nitrogen and oxygen atoms in total. The van der Waals surface area contributed by atoms with E-state index in [-0.39, 0.29) is 17.2 Å². The fraction of sp³-hybridized carbons (Fsp3) is 0.200. The summed E-state index contributed by atoms with van der Waals surface area (Å²) in [6, 6.07) is 3.30. The molecule has 0 heterocycles. The first kappa shape index (κ1) is 11.7. The Morgan fingerprint density at radius 2 is 2.13 bits per heavy atom. The van der Waals surface area contributed by atoms with E-state index in [1.807, 2.05) is 0 Å². The fourth-order valence-corrected chi connectivity index (χ4v) is 1.13. The van der Waals surface area contributed by atoms with Gasteiger partial charge >= 0.3 is 5.97 Å². The molecule has 1 aromatic rings. The lowest BCUT2D eigenvalue weighted by molar-refractivity contribution is -0.137. The Labute approximate surface area is 90.8 Å². The minimum absolute atomic E-state index is 0.0138. The molecular formula is C10H8ClFO3. The van der Waals surface area contributed by atoms with Crippen LogP contribution in [-0.4, -0.2) is 18.4 Å². The van der Waals surface area contributed by atoms with Crippen LogP contribution in [-0.2, 0) is 9.53 Å². The van der Waals surface area contributed by atoms with Gasteiger partial charge in [0, 0.05) is 5.56 Å². The third-order valence-electron chi connectivity index (χ3n) is 1.64. The zero-order valence-corrected chi connectivity index (χ0v) is 8.68. The number of benzene rings is 1. The molecule has 0 aliphatic rings. The van der Waals surface area contributed by atoms with Gasteiger partial charge in [-0.05, 0) is 25.1 Å². The Bertz CT molecular complexity index is 404. The lowest BCUT2D eigenvalue weighted by Gasteiger charge is -2.01. The first-order chi connectivity index (χ1) is 7.06. The molecule has 0 aliphatic carbocycles. The van der Waals surface area contributed by atoms with Gasteiger partial charge in [-0.15, -0.1) is 0 Å². The van der Waals surface area contributed by atoms with E-state index in [9.17, 15) is 14.0 Å². The second-order valence-corrected chi connectivity index (χ2v) is 3.09. The number of ketones is 1. The van der Waals surface area contributed by atoms with Crippen molar-refractivity contribution in [1.29, 1.82) is 0 Å². The van der Waals surface area contributed by atoms with E-state index in [4.69, 9.17) is 11.6 Å². The first-order valence-electron chi connectivity index (χ1n) is 4.22. The molecule has 0 bridgehead atoms. The van der Waals surface area contributed by atoms with Crippen LogP contribution in [0.4, 0.5) is 4.39 Å². The molecule has 5 heteroatoms. The molecule has 0 fully saturated rings. The minimum Gasteiger partial charge on any atom is -0.460 e. The number of esters is 1. The van der Waals surface area contributed by atoms with Crippen LogP contribution in [0, 0.1) is 5.82 Å². The topological polar surface area (TPSA) is 43.4 Å². The zero-order valence-electron chi connectivity index (χ0n) is 7.92. The van der Waals surface area contributed by atoms with Crippen LogP contribution in [0.1, 0.15) is 17.3 Å². The molecule has 0 N–H and O–H groups in total. The van der Waals surface area contributed by atoms with Crippen molar-refractivity contribution in [3.05, 3.63) is 34.6 Å². The Balaban J connectivity index is 2.92. The highest BCUT2D eigenvalue weighted by Crippen LogP contribution is 2.16. The summed E-state index contributed by atoms with van der Waals surface area (Å²) >= 11 is 5.46. The van der Waals surface area contributed by atoms with Crippen LogP contribution < -0.4 is 0 Å². The van der Waals surface area contributed by atoms with Crippen LogP contribution in [0.3, 0.4) is 0 Å². The van der Waals surface area contributed by atoms with E-state index >= 15 is 0 Å². The average Bonchev–Trinajstić information content (AvgIpc) is 2.21. The summed E-state index contributed by atoms with van der Waals surface area (Å²) < 4.78 is 17.3. The van der Waals surface area contributed by atoms with Crippen molar-refractivity contribution < 1.29 is 18.7 Å². The highest BCUT2D eigenvalue weighted by atomic mass is 35.5. The Morgan fingerprint density at radius 3 is 2.67 bits per heavy atom. The maximum Gasteiger partial charge on any atom is 0.379 e. The molecule has 0 aliphatic heterocycles. The highest BCUT2D eigenvalue weighted by Gasteiger charge is 2.18. The van der Waals surface area contributed by atoms with Crippen molar-refractivity contribution in [3.63, 3.8) is 0 Å². The normalized spacial score (nSPS) is 9.80. The number of halogens is 2. The van der Waals surface area contributed by atoms with Crippen molar-refractivity contribution >= 4 is 23.4 Å². The molecule has 80 valence electrons. The molecule has 1 aromatic carbocycles. The van der Waals surface area contributed by atoms with Crippen molar-refractivity contribution in [2.45, 2.75) is 6.92 Å². The third-order valence-corrected chi connectivity index (χ3v) is 1.93. The van der Waals surface area contributed by atoms with Gasteiger partial charge in [0.15, 0.2) is 0 Å². The van der Waals surface area contributed by atoms with Crippen LogP contribution in [0.15, 0.2) is 18.2 Å². The number of carbonyl (C=O) groups is 2. The third kappa shape index (κ3) is 2.76. The number of ether oxygens (including phenoxy) is 1. The van der Waals surface area contributed by atoms with E-state index < -0.39 is 17.6 Å². The summed E-state index contributed by atoms with van der Waals surface area (Å²) in [5.41, 5.74) is 0.0138. The second kappa shape index (κ2) is 4.89. The predicted octanol–water partition coefficient (Wildman–Crippen LogP) is 2.22. The molecule has 0 amide bonds. The summed E-state index contributed by atoms with van der Waals surface area (Å²) in [6.45, 7) is 1.70. The van der Waals surface area contributed by atoms with Gasteiger partial charge in [-0.2, -0.15) is 0 Å². The molecule has 1 rings (SSSR count). The van der Waals surface area contributed by atoms with Crippen molar-refractivity contribution in [1.82, 2.24) is 0 Å². The van der Waals surface area contributed by atoms with Crippen LogP contribution >= 0.6 is 11.6 Å². The Hall–Kier alpha value is -1.42. The average molecular weight is 231 g/mol. The summed E-state index contributed by atoms with van der Waals surface area (Å²) in [7, 11) is 0. The predicted molar refractivity (Wildman–Crippen MR) is 52.4 cm³/mol. The number of hydrogen-bond acceptors (Lipinski definition) is 3. The zero-order chi connectivity index (χ0) is 11.4. The van der Waals surface area contributed by atoms with E-state index in [0.29, 0.717) is 0 Å². The van der Waals surface area contributed by atoms with Gasteiger partial charge < -0.3 is 4.74 Å². The summed E-state index contributed by atoms with van der Waals surface area (Å²) in [4.78, 5) is 22.4. The van der Waals surface area contributed by atoms with E-state index in [1.165, 1.54) is 6.07 Å². The van der Waals surface area contributed by atoms with Crippen LogP contribution in [0.25, 0.3) is 0 Å². The fourth-order valence-electron chi connectivity index (χ4n) is 0.952. The van der Waals surface area contributed by atoms with Crippen molar-refractivity contribution in [2.75, 3.05) is 6.61 Å². The van der Waals surface area contributed by atoms with Gasteiger partial charge in [0.1, 0.15) is 5.82 Å². The second-order valence-electron chi connectivity index (χ2n) is 2.68. The van der Waals surface area contributed by atoms with Gasteiger partial charge in [-0.25, -0.2) is 9.18 Å². The summed E-state index contributed by atoms with van der Waals surface area (Å²) in [5.74, 6) is -2.45. The number of Topliss-reactive ketones (excluding diaryl/α,β-unsaturated/α-hetero) is 1. The SMILES string of the molecule is CCOC(=O)C(=O)c1ccc(F)c(Cl)c1. The van der Waals surface area contributed by atoms with E-state index in [0.717, 1.165) is 12.1 Å². The molecule has 0 radical (unpaired) electrons. The van der Waals surface area contributed by atoms with Gasteiger partial charge in [-0.3, -0.25) is 4.79 Å². The quantitative estimate of drug-likeness (QED) is 0.454. The number of hydrogen-bond donors (Lipinski definition) is 0. The van der Waals surface area contributed by atoms with Crippen molar-refractivity contribution in [3.8, 4) is 0 Å². The van der Waals surface area contributed by atoms with Gasteiger partial charge in [0.2, 0.25) is 0 Å². The van der Waals surface area contributed by atoms with Crippen molar-refractivity contribution in [2.24, 2.45) is 0 Å². The monoisotopic (exact) mass is 230 g/mol. The molecule has 0 saturated heterocycles. The van der Waals surface area contributed by atoms with E-state index in [1.54, 1.807) is 6.92 Å². The minimum atomic E-state index is -0.972. The molecule has 0 spiro atoms. The van der Waals surface area contributed by atoms with E-state index in [2.05, 4.69) is 4.74 Å². The lowest BCUT2D eigenvalue weighted by atomic mass is 10.1. The lowest BCUT2D eigenvalue weighted by Crippen LogP contribution is -2.17. The maximum absolute atomic E-state index is 12.8. The maximum atomic E-state index is 12.8. The Morgan fingerprint density at radius 1 is 1.47 bits per heavy atom. The highest BCUT2D eigenvalue weighted by molar-refractivity contribution is 6.41. The molecule has 0 unspecified atom stereocenters. The standard InChI is InChI=1S/C10H8ClFO3/c1-2-15-10(14)9(13)6-3-4-8(12)7(11)5-6/h3-5H,2H2,1H3. The molecular weight excluding hydrogens is 223 g/mol. The molecule has 0 aromatic heterocycles. The smallest absolute Gasteiger partial charge is 0.379 e. The Kier molecular flexibility index (Phi) is 3.80. The first-order valence-corrected chi connectivity index (χ1v) is 4.60. The molecule has 15 heavy (non-hydrogen) atoms.